The number of ketones is 1. The van der Waals surface area contributed by atoms with Crippen molar-refractivity contribution in [3.05, 3.63) is 89.1 Å². The Morgan fingerprint density at radius 3 is 2.15 bits per heavy atom. The van der Waals surface area contributed by atoms with Crippen molar-refractivity contribution in [3.63, 3.8) is 0 Å². The van der Waals surface area contributed by atoms with Gasteiger partial charge in [0.1, 0.15) is 24.7 Å². The van der Waals surface area contributed by atoms with Gasteiger partial charge in [-0.15, -0.1) is 0 Å². The Bertz CT molecular complexity index is 1610. The number of hydrogen-bond acceptors (Lipinski definition) is 9. The topological polar surface area (TPSA) is 102 Å². The quantitative estimate of drug-likeness (QED) is 0.152. The molecule has 242 valence electrons. The van der Waals surface area contributed by atoms with E-state index in [9.17, 15) is 9.59 Å². The Morgan fingerprint density at radius 2 is 1.43 bits per heavy atom. The number of methoxy groups -OCH3 is 3. The van der Waals surface area contributed by atoms with Crippen LogP contribution in [-0.4, -0.2) is 58.6 Å². The number of ether oxygens (including phenoxy) is 6. The molecule has 3 aromatic carbocycles. The Hall–Kier alpha value is -4.79. The Balaban J connectivity index is 1.47. The van der Waals surface area contributed by atoms with Gasteiger partial charge in [0, 0.05) is 23.7 Å². The molecule has 9 heteroatoms. The number of para-hydroxylation sites is 1. The zero-order chi connectivity index (χ0) is 32.6. The second kappa shape index (κ2) is 15.0. The van der Waals surface area contributed by atoms with Crippen molar-refractivity contribution in [1.82, 2.24) is 0 Å². The largest absolute Gasteiger partial charge is 0.493 e. The molecule has 1 heterocycles. The Kier molecular flexibility index (Phi) is 10.6. The molecule has 2 aliphatic rings. The van der Waals surface area contributed by atoms with E-state index in [2.05, 4.69) is 0 Å². The maximum absolute atomic E-state index is 14.1. The lowest BCUT2D eigenvalue weighted by Crippen LogP contribution is -2.41. The van der Waals surface area contributed by atoms with Crippen molar-refractivity contribution < 1.29 is 38.0 Å². The fourth-order valence-electron chi connectivity index (χ4n) is 6.24. The number of aliphatic imine (C=N–C) groups is 1. The van der Waals surface area contributed by atoms with Crippen LogP contribution in [-0.2, 0) is 14.3 Å². The Labute approximate surface area is 270 Å². The van der Waals surface area contributed by atoms with E-state index >= 15 is 0 Å². The molecule has 1 saturated carbocycles. The first-order chi connectivity index (χ1) is 22.4. The number of carbonyl (C=O) groups is 2. The monoisotopic (exact) mass is 627 g/mol. The summed E-state index contributed by atoms with van der Waals surface area (Å²) in [5.41, 5.74) is 3.34. The SMILES string of the molecule is CCCOc1ccc([C@H]2C(C(=O)OCCOc3ccccc3)=C(C)N=C3C[C@@H](c4ccc(OC)c(OC)c4)CC(=O)C32)cc1OC. The van der Waals surface area contributed by atoms with Crippen LogP contribution in [0, 0.1) is 5.92 Å². The molecule has 9 nitrogen and oxygen atoms in total. The van der Waals surface area contributed by atoms with E-state index in [1.54, 1.807) is 28.3 Å². The summed E-state index contributed by atoms with van der Waals surface area (Å²) >= 11 is 0. The maximum Gasteiger partial charge on any atom is 0.336 e. The first kappa shape index (κ1) is 32.6. The van der Waals surface area contributed by atoms with Gasteiger partial charge >= 0.3 is 5.97 Å². The highest BCUT2D eigenvalue weighted by Gasteiger charge is 2.46. The van der Waals surface area contributed by atoms with Gasteiger partial charge in [0.05, 0.1) is 39.4 Å². The lowest BCUT2D eigenvalue weighted by Gasteiger charge is -2.38. The number of hydrogen-bond donors (Lipinski definition) is 0. The molecular weight excluding hydrogens is 586 g/mol. The molecule has 0 radical (unpaired) electrons. The lowest BCUT2D eigenvalue weighted by atomic mass is 9.66. The number of rotatable bonds is 13. The highest BCUT2D eigenvalue weighted by atomic mass is 16.6. The van der Waals surface area contributed by atoms with E-state index in [0.717, 1.165) is 23.3 Å². The summed E-state index contributed by atoms with van der Waals surface area (Å²) in [5.74, 6) is 1.19. The molecule has 0 saturated heterocycles. The van der Waals surface area contributed by atoms with Crippen LogP contribution in [0.5, 0.6) is 28.7 Å². The van der Waals surface area contributed by atoms with Crippen LogP contribution in [0.2, 0.25) is 0 Å². The normalized spacial score (nSPS) is 19.1. The van der Waals surface area contributed by atoms with E-state index in [0.29, 0.717) is 53.0 Å². The fourth-order valence-corrected chi connectivity index (χ4v) is 6.24. The predicted molar refractivity (Wildman–Crippen MR) is 175 cm³/mol. The lowest BCUT2D eigenvalue weighted by molar-refractivity contribution is -0.140. The first-order valence-corrected chi connectivity index (χ1v) is 15.6. The van der Waals surface area contributed by atoms with E-state index in [1.165, 1.54) is 0 Å². The molecule has 0 N–H and O–H groups in total. The molecule has 1 aliphatic carbocycles. The molecule has 1 unspecified atom stereocenters. The summed E-state index contributed by atoms with van der Waals surface area (Å²) in [6.45, 7) is 4.60. The second-order valence-electron chi connectivity index (χ2n) is 11.3. The first-order valence-electron chi connectivity index (χ1n) is 15.6. The van der Waals surface area contributed by atoms with Crippen LogP contribution in [0.25, 0.3) is 0 Å². The molecule has 0 bridgehead atoms. The molecule has 3 atom stereocenters. The summed E-state index contributed by atoms with van der Waals surface area (Å²) < 4.78 is 34.0. The van der Waals surface area contributed by atoms with Gasteiger partial charge in [0.2, 0.25) is 0 Å². The van der Waals surface area contributed by atoms with Crippen LogP contribution in [0.3, 0.4) is 0 Å². The maximum atomic E-state index is 14.1. The average Bonchev–Trinajstić information content (AvgIpc) is 3.08. The number of Topliss-reactive ketones (excluding diaryl/α,β-unsaturated/α-hetero) is 1. The van der Waals surface area contributed by atoms with Crippen LogP contribution in [0.1, 0.15) is 56.1 Å². The molecule has 3 aromatic rings. The van der Waals surface area contributed by atoms with Crippen LogP contribution < -0.4 is 23.7 Å². The average molecular weight is 628 g/mol. The zero-order valence-corrected chi connectivity index (χ0v) is 27.0. The van der Waals surface area contributed by atoms with Crippen molar-refractivity contribution in [3.8, 4) is 28.7 Å². The van der Waals surface area contributed by atoms with E-state index in [1.807, 2.05) is 73.7 Å². The number of nitrogens with zero attached hydrogens (tertiary/aromatic N) is 1. The molecule has 0 amide bonds. The smallest absolute Gasteiger partial charge is 0.336 e. The highest BCUT2D eigenvalue weighted by Crippen LogP contribution is 2.48. The van der Waals surface area contributed by atoms with Gasteiger partial charge in [0.15, 0.2) is 23.0 Å². The summed E-state index contributed by atoms with van der Waals surface area (Å²) in [6, 6.07) is 20.7. The van der Waals surface area contributed by atoms with Crippen molar-refractivity contribution in [2.45, 2.75) is 44.9 Å². The van der Waals surface area contributed by atoms with Gasteiger partial charge in [-0.25, -0.2) is 4.79 Å². The number of fused-ring (bicyclic) bond motifs is 1. The molecule has 0 aromatic heterocycles. The third kappa shape index (κ3) is 7.03. The van der Waals surface area contributed by atoms with E-state index < -0.39 is 17.8 Å². The van der Waals surface area contributed by atoms with E-state index in [4.69, 9.17) is 33.4 Å². The van der Waals surface area contributed by atoms with Crippen LogP contribution in [0.15, 0.2) is 83.0 Å². The summed E-state index contributed by atoms with van der Waals surface area (Å²) in [5, 5.41) is 0. The minimum Gasteiger partial charge on any atom is -0.493 e. The molecular formula is C37H41NO8. The standard InChI is InChI=1S/C37H41NO8/c1-6-16-45-31-15-13-25(22-33(31)43-5)35-34(37(40)46-18-17-44-27-10-8-7-9-11-27)23(2)38-28-19-26(20-29(39)36(28)35)24-12-14-30(41-3)32(21-24)42-4/h7-15,21-22,26,35-36H,6,16-20H2,1-5H3/t26-,35+,36?/m1/s1. The van der Waals surface area contributed by atoms with Gasteiger partial charge in [-0.05, 0) is 73.2 Å². The van der Waals surface area contributed by atoms with Crippen molar-refractivity contribution in [2.24, 2.45) is 10.9 Å². The van der Waals surface area contributed by atoms with Gasteiger partial charge in [-0.3, -0.25) is 9.79 Å². The van der Waals surface area contributed by atoms with Crippen molar-refractivity contribution in [1.29, 1.82) is 0 Å². The third-order valence-electron chi connectivity index (χ3n) is 8.39. The summed E-state index contributed by atoms with van der Waals surface area (Å²) in [4.78, 5) is 32.8. The number of esters is 1. The number of benzene rings is 3. The molecule has 5 rings (SSSR count). The van der Waals surface area contributed by atoms with Crippen LogP contribution >= 0.6 is 0 Å². The molecule has 1 fully saturated rings. The molecule has 1 aliphatic heterocycles. The van der Waals surface area contributed by atoms with Gasteiger partial charge in [-0.1, -0.05) is 37.3 Å². The van der Waals surface area contributed by atoms with E-state index in [-0.39, 0.29) is 31.3 Å². The Morgan fingerprint density at radius 1 is 0.761 bits per heavy atom. The van der Waals surface area contributed by atoms with Crippen molar-refractivity contribution in [2.75, 3.05) is 41.2 Å². The second-order valence-corrected chi connectivity index (χ2v) is 11.3. The minimum absolute atomic E-state index is 0.00488. The van der Waals surface area contributed by atoms with Gasteiger partial charge < -0.3 is 28.4 Å². The van der Waals surface area contributed by atoms with Crippen molar-refractivity contribution >= 4 is 17.5 Å². The van der Waals surface area contributed by atoms with Gasteiger partial charge in [-0.2, -0.15) is 0 Å². The number of allylic oxidation sites excluding steroid dienone is 1. The number of carbonyl (C=O) groups excluding carboxylic acids is 2. The van der Waals surface area contributed by atoms with Crippen LogP contribution in [0.4, 0.5) is 0 Å². The third-order valence-corrected chi connectivity index (χ3v) is 8.39. The summed E-state index contributed by atoms with van der Waals surface area (Å²) in [6.07, 6.45) is 1.69. The zero-order valence-electron chi connectivity index (χ0n) is 27.0. The molecule has 0 spiro atoms. The molecule has 46 heavy (non-hydrogen) atoms. The predicted octanol–water partition coefficient (Wildman–Crippen LogP) is 6.70. The van der Waals surface area contributed by atoms with Gasteiger partial charge in [0.25, 0.3) is 0 Å². The fraction of sp³-hybridized carbons (Fsp3) is 0.378. The summed E-state index contributed by atoms with van der Waals surface area (Å²) in [7, 11) is 4.76. The minimum atomic E-state index is -0.629. The highest BCUT2D eigenvalue weighted by molar-refractivity contribution is 6.12.